The monoisotopic (exact) mass is 1280 g/mol. The van der Waals surface area contributed by atoms with Crippen LogP contribution in [0.15, 0.2) is 245 Å². The van der Waals surface area contributed by atoms with E-state index in [0.29, 0.717) is 58.8 Å². The van der Waals surface area contributed by atoms with Crippen molar-refractivity contribution >= 4 is 34.6 Å². The summed E-state index contributed by atoms with van der Waals surface area (Å²) < 4.78 is 33.7. The van der Waals surface area contributed by atoms with E-state index in [0.717, 1.165) is 124 Å². The molecule has 0 amide bonds. The highest BCUT2D eigenvalue weighted by molar-refractivity contribution is 5.51. The van der Waals surface area contributed by atoms with Gasteiger partial charge in [-0.15, -0.1) is 0 Å². The van der Waals surface area contributed by atoms with E-state index in [1.807, 2.05) is 138 Å². The van der Waals surface area contributed by atoms with E-state index in [-0.39, 0.29) is 0 Å². The van der Waals surface area contributed by atoms with Crippen LogP contribution < -0.4 is 57.8 Å². The molecule has 0 bridgehead atoms. The zero-order valence-electron chi connectivity index (χ0n) is 52.0. The molecule has 6 aliphatic heterocycles. The molecule has 0 aromatic carbocycles. The number of hydrogen-bond donors (Lipinski definition) is 0. The van der Waals surface area contributed by atoms with Gasteiger partial charge in [0.25, 0.3) is 0 Å². The summed E-state index contributed by atoms with van der Waals surface area (Å²) in [5.74, 6) is 6.51. The van der Waals surface area contributed by atoms with Gasteiger partial charge in [0.05, 0.1) is 51.2 Å². The number of aromatic nitrogens is 14. The van der Waals surface area contributed by atoms with Gasteiger partial charge in [-0.1, -0.05) is 6.07 Å². The van der Waals surface area contributed by atoms with E-state index in [4.69, 9.17) is 28.4 Å². The maximum Gasteiger partial charge on any atom is 0.228 e. The zero-order chi connectivity index (χ0) is 64.8. The van der Waals surface area contributed by atoms with Crippen LogP contribution in [-0.2, 0) is 39.3 Å². The molecule has 12 aromatic rings. The van der Waals surface area contributed by atoms with Crippen LogP contribution in [0, 0.1) is 0 Å². The van der Waals surface area contributed by atoms with Crippen LogP contribution in [0.4, 0.5) is 34.6 Å². The topological polar surface area (TPSA) is 255 Å². The second-order valence-corrected chi connectivity index (χ2v) is 21.5. The summed E-state index contributed by atoms with van der Waals surface area (Å²) in [4.78, 5) is 70.5. The van der Waals surface area contributed by atoms with Crippen LogP contribution in [0.1, 0.15) is 33.8 Å². The molecule has 26 nitrogen and oxygen atoms in total. The van der Waals surface area contributed by atoms with Gasteiger partial charge in [0.2, 0.25) is 17.8 Å². The van der Waals surface area contributed by atoms with Crippen molar-refractivity contribution in [2.24, 2.45) is 0 Å². The van der Waals surface area contributed by atoms with Crippen molar-refractivity contribution < 1.29 is 28.4 Å². The molecule has 12 aromatic heterocycles. The maximum atomic E-state index is 5.66. The number of pyridine rings is 10. The molecule has 0 saturated carbocycles. The van der Waals surface area contributed by atoms with Gasteiger partial charge in [-0.3, -0.25) is 44.9 Å². The van der Waals surface area contributed by atoms with Gasteiger partial charge in [-0.05, 0) is 115 Å². The summed E-state index contributed by atoms with van der Waals surface area (Å²) >= 11 is 0. The Kier molecular flexibility index (Phi) is 20.4. The quantitative estimate of drug-likeness (QED) is 0.150. The minimum atomic E-state index is 0.461. The van der Waals surface area contributed by atoms with Crippen LogP contribution in [0.5, 0.6) is 34.6 Å². The summed E-state index contributed by atoms with van der Waals surface area (Å²) in [5.41, 5.74) is 10.5. The molecule has 0 spiro atoms. The summed E-state index contributed by atoms with van der Waals surface area (Å²) in [6, 6.07) is 38.6. The standard InChI is InChI=1S/4C12H11N3O.2C11H10N4O/c1-4-13-5-2-11(1)15-8-10-7-14-6-3-12(10)16-9-15;1-3-10(7-13-5-1)15-8-11-12(16-9-15)4-2-6-14-11;1-2-12-11(14-5-1)8-15(9-16-12)10-3-6-13-7-4-10;1-2-10-8-15(9-16-12(10)14-5-1)11-3-6-13-7-4-11;1-3-13-11(14-4-1)15-7-9-6-12-5-2-10(9)16-8-15;1-3-10-9(12-4-1)7-15(8-16-10)11-13-5-2-6-14-11/h4*1-7H,8-9H2;2*1-6H,7-8H2. The Labute approximate surface area is 553 Å². The van der Waals surface area contributed by atoms with Gasteiger partial charge in [0, 0.05) is 151 Å². The van der Waals surface area contributed by atoms with Crippen LogP contribution in [0.2, 0.25) is 0 Å². The highest BCUT2D eigenvalue weighted by atomic mass is 16.5. The molecule has 0 unspecified atom stereocenters. The molecule has 0 fully saturated rings. The average Bonchev–Trinajstić information content (AvgIpc) is 1.90. The van der Waals surface area contributed by atoms with E-state index in [1.165, 1.54) is 0 Å². The van der Waals surface area contributed by atoms with E-state index >= 15 is 0 Å². The van der Waals surface area contributed by atoms with Crippen molar-refractivity contribution in [1.29, 1.82) is 0 Å². The van der Waals surface area contributed by atoms with Crippen LogP contribution in [0.25, 0.3) is 0 Å². The molecule has 0 atom stereocenters. The second-order valence-electron chi connectivity index (χ2n) is 21.5. The molecule has 0 saturated heterocycles. The predicted molar refractivity (Wildman–Crippen MR) is 357 cm³/mol. The number of fused-ring (bicyclic) bond motifs is 6. The lowest BCUT2D eigenvalue weighted by Crippen LogP contribution is -2.33. The smallest absolute Gasteiger partial charge is 0.228 e. The third-order valence-corrected chi connectivity index (χ3v) is 15.2. The minimum Gasteiger partial charge on any atom is -0.473 e. The van der Waals surface area contributed by atoms with Crippen molar-refractivity contribution in [3.63, 3.8) is 0 Å². The number of rotatable bonds is 6. The van der Waals surface area contributed by atoms with Crippen molar-refractivity contribution in [1.82, 2.24) is 69.8 Å². The fourth-order valence-electron chi connectivity index (χ4n) is 10.4. The van der Waals surface area contributed by atoms with E-state index in [9.17, 15) is 0 Å². The Morgan fingerprint density at radius 2 is 0.573 bits per heavy atom. The highest BCUT2D eigenvalue weighted by Gasteiger charge is 2.24. The minimum absolute atomic E-state index is 0.461. The van der Waals surface area contributed by atoms with Crippen molar-refractivity contribution in [3.05, 3.63) is 279 Å². The Balaban J connectivity index is 0.000000104. The lowest BCUT2D eigenvalue weighted by atomic mass is 10.2. The molecule has 18 heterocycles. The average molecular weight is 1280 g/mol. The molecule has 0 N–H and O–H groups in total. The molecule has 18 rings (SSSR count). The van der Waals surface area contributed by atoms with E-state index in [2.05, 4.69) is 89.4 Å². The number of anilines is 6. The first-order valence-corrected chi connectivity index (χ1v) is 30.6. The first-order valence-electron chi connectivity index (χ1n) is 30.6. The van der Waals surface area contributed by atoms with Crippen molar-refractivity contribution in [3.8, 4) is 34.6 Å². The Morgan fingerprint density at radius 3 is 1.05 bits per heavy atom. The van der Waals surface area contributed by atoms with Crippen LogP contribution in [-0.4, -0.2) is 110 Å². The summed E-state index contributed by atoms with van der Waals surface area (Å²) in [6.07, 6.45) is 35.4. The fourth-order valence-corrected chi connectivity index (χ4v) is 10.4. The van der Waals surface area contributed by atoms with Gasteiger partial charge in [-0.2, -0.15) is 0 Å². The molecular formula is C70H64N20O6. The SMILES string of the molecule is c1cc(N2COc3ccncc3C2)ccn1.c1cnc(N2COc3cccnc3C2)nc1.c1cnc(N2COc3ccncc3C2)nc1.c1cnc2c(c1)CN(c1ccncc1)CO2.c1cnc2c(c1)OCN(c1ccncc1)C2.c1cncc(N2COc3cccnc3C2)c1. The van der Waals surface area contributed by atoms with Crippen molar-refractivity contribution in [2.45, 2.75) is 39.3 Å². The second kappa shape index (κ2) is 31.5. The largest absolute Gasteiger partial charge is 0.473 e. The van der Waals surface area contributed by atoms with Gasteiger partial charge in [0.1, 0.15) is 45.8 Å². The van der Waals surface area contributed by atoms with E-state index in [1.54, 1.807) is 117 Å². The lowest BCUT2D eigenvalue weighted by Gasteiger charge is -2.30. The van der Waals surface area contributed by atoms with E-state index < -0.39 is 0 Å². The molecule has 96 heavy (non-hydrogen) atoms. The third-order valence-electron chi connectivity index (χ3n) is 15.2. The molecule has 0 radical (unpaired) electrons. The van der Waals surface area contributed by atoms with Gasteiger partial charge >= 0.3 is 0 Å². The summed E-state index contributed by atoms with van der Waals surface area (Å²) in [6.45, 7) is 7.75. The normalized spacial score (nSPS) is 14.1. The number of ether oxygens (including phenoxy) is 6. The summed E-state index contributed by atoms with van der Waals surface area (Å²) in [5, 5.41) is 0. The molecule has 26 heteroatoms. The Morgan fingerprint density at radius 1 is 0.229 bits per heavy atom. The number of nitrogens with zero attached hydrogens (tertiary/aromatic N) is 20. The zero-order valence-corrected chi connectivity index (χ0v) is 52.0. The van der Waals surface area contributed by atoms with Gasteiger partial charge in [0.15, 0.2) is 40.4 Å². The van der Waals surface area contributed by atoms with Gasteiger partial charge in [-0.25, -0.2) is 24.9 Å². The Bertz CT molecular complexity index is 3640. The van der Waals surface area contributed by atoms with Gasteiger partial charge < -0.3 is 57.8 Å². The van der Waals surface area contributed by atoms with Crippen molar-refractivity contribution in [2.75, 3.05) is 69.8 Å². The molecular weight excluding hydrogens is 1220 g/mol. The lowest BCUT2D eigenvalue weighted by molar-refractivity contribution is 0.277. The molecule has 0 aliphatic carbocycles. The highest BCUT2D eigenvalue weighted by Crippen LogP contribution is 2.31. The predicted octanol–water partition coefficient (Wildman–Crippen LogP) is 9.79. The number of hydrogen-bond acceptors (Lipinski definition) is 26. The first-order chi connectivity index (χ1) is 47.6. The Hall–Kier alpha value is -12.7. The molecule has 480 valence electrons. The first kappa shape index (κ1) is 62.1. The fraction of sp³-hybridized carbons (Fsp3) is 0.171. The third kappa shape index (κ3) is 16.3. The maximum absolute atomic E-state index is 5.66. The van der Waals surface area contributed by atoms with Crippen LogP contribution in [0.3, 0.4) is 0 Å². The molecule has 6 aliphatic rings. The van der Waals surface area contributed by atoms with Crippen LogP contribution >= 0.6 is 0 Å². The summed E-state index contributed by atoms with van der Waals surface area (Å²) in [7, 11) is 0.